The maximum Gasteiger partial charge on any atom is 0.129 e. The Balaban J connectivity index is -0.000000175. The molecule has 0 aromatic heterocycles. The molecule has 0 aliphatic rings. The van der Waals surface area contributed by atoms with Gasteiger partial charge in [0.1, 0.15) is 11.5 Å². The van der Waals surface area contributed by atoms with Crippen molar-refractivity contribution in [1.82, 2.24) is 0 Å². The van der Waals surface area contributed by atoms with Gasteiger partial charge in [-0.25, -0.2) is 0 Å². The molecule has 0 aliphatic carbocycles. The molecular formula is C20H37NO. The molecule has 128 valence electrons. The van der Waals surface area contributed by atoms with E-state index in [-0.39, 0.29) is 0 Å². The normalized spacial score (nSPS) is 7.91. The summed E-state index contributed by atoms with van der Waals surface area (Å²) in [5.41, 5.74) is 6.28. The Labute approximate surface area is 139 Å². The summed E-state index contributed by atoms with van der Waals surface area (Å²) in [7, 11) is 0. The summed E-state index contributed by atoms with van der Waals surface area (Å²) in [5.74, 6) is 1.34. The monoisotopic (exact) mass is 307 g/mol. The maximum atomic E-state index is 5.60. The first-order valence-corrected chi connectivity index (χ1v) is 8.25. The maximum absolute atomic E-state index is 5.60. The zero-order chi connectivity index (χ0) is 18.4. The fourth-order valence-corrected chi connectivity index (χ4v) is 0.974. The van der Waals surface area contributed by atoms with Gasteiger partial charge in [0, 0.05) is 11.8 Å². The van der Waals surface area contributed by atoms with Crippen molar-refractivity contribution in [1.29, 1.82) is 0 Å². The summed E-state index contributed by atoms with van der Waals surface area (Å²) in [4.78, 5) is 0. The van der Waals surface area contributed by atoms with Crippen LogP contribution in [-0.4, -0.2) is 0 Å². The predicted molar refractivity (Wildman–Crippen MR) is 105 cm³/mol. The van der Waals surface area contributed by atoms with Crippen molar-refractivity contribution in [2.75, 3.05) is 5.73 Å². The van der Waals surface area contributed by atoms with Gasteiger partial charge in [0.2, 0.25) is 0 Å². The van der Waals surface area contributed by atoms with E-state index in [9.17, 15) is 0 Å². The summed E-state index contributed by atoms with van der Waals surface area (Å²) >= 11 is 0. The zero-order valence-electron chi connectivity index (χ0n) is 15.9. The molecule has 22 heavy (non-hydrogen) atoms. The highest BCUT2D eigenvalue weighted by molar-refractivity contribution is 5.44. The van der Waals surface area contributed by atoms with E-state index < -0.39 is 0 Å². The van der Waals surface area contributed by atoms with Crippen molar-refractivity contribution in [3.63, 3.8) is 0 Å². The molecule has 2 nitrogen and oxygen atoms in total. The van der Waals surface area contributed by atoms with E-state index in [4.69, 9.17) is 10.5 Å². The Hall–Kier alpha value is -1.96. The van der Waals surface area contributed by atoms with Gasteiger partial charge in [-0.1, -0.05) is 80.7 Å². The lowest BCUT2D eigenvalue weighted by Gasteiger charge is -2.05. The third-order valence-corrected chi connectivity index (χ3v) is 1.58. The van der Waals surface area contributed by atoms with Crippen molar-refractivity contribution < 1.29 is 4.74 Å². The number of nitrogen functional groups attached to an aromatic ring is 1. The molecule has 0 fully saturated rings. The molecule has 0 heterocycles. The van der Waals surface area contributed by atoms with Crippen LogP contribution in [0.15, 0.2) is 61.4 Å². The molecule has 0 saturated heterocycles. The van der Waals surface area contributed by atoms with Crippen LogP contribution in [0.3, 0.4) is 0 Å². The first-order chi connectivity index (χ1) is 10.8. The van der Waals surface area contributed by atoms with Gasteiger partial charge in [-0.2, -0.15) is 0 Å². The summed E-state index contributed by atoms with van der Waals surface area (Å²) in [6.45, 7) is 23.2. The van der Waals surface area contributed by atoms with Crippen LogP contribution >= 0.6 is 0 Å². The fraction of sp³-hybridized carbons (Fsp3) is 0.400. The molecule has 1 aromatic rings. The highest BCUT2D eigenvalue weighted by Gasteiger charge is 1.95. The molecule has 1 rings (SSSR count). The van der Waals surface area contributed by atoms with Crippen LogP contribution in [0.25, 0.3) is 0 Å². The van der Waals surface area contributed by atoms with Crippen LogP contribution in [0.2, 0.25) is 0 Å². The smallest absolute Gasteiger partial charge is 0.129 e. The van der Waals surface area contributed by atoms with Crippen LogP contribution in [0.5, 0.6) is 5.75 Å². The second-order valence-corrected chi connectivity index (χ2v) is 2.68. The van der Waals surface area contributed by atoms with Crippen molar-refractivity contribution in [2.45, 2.75) is 55.4 Å². The Kier molecular flexibility index (Phi) is 35.2. The molecule has 0 saturated carbocycles. The van der Waals surface area contributed by atoms with Gasteiger partial charge in [-0.05, 0) is 24.3 Å². The van der Waals surface area contributed by atoms with Gasteiger partial charge in [0.25, 0.3) is 0 Å². The van der Waals surface area contributed by atoms with Gasteiger partial charge in [0.05, 0.1) is 0 Å². The third kappa shape index (κ3) is 18.0. The first-order valence-electron chi connectivity index (χ1n) is 8.25. The first kappa shape index (κ1) is 28.2. The summed E-state index contributed by atoms with van der Waals surface area (Å²) in [6, 6.07) is 7.22. The molecular weight excluding hydrogens is 270 g/mol. The van der Waals surface area contributed by atoms with Crippen LogP contribution in [0, 0.1) is 0 Å². The van der Waals surface area contributed by atoms with E-state index in [1.165, 1.54) is 0 Å². The van der Waals surface area contributed by atoms with Gasteiger partial charge in [-0.15, -0.1) is 0 Å². The van der Waals surface area contributed by atoms with E-state index in [1.54, 1.807) is 30.4 Å². The Morgan fingerprint density at radius 2 is 1.45 bits per heavy atom. The van der Waals surface area contributed by atoms with Crippen molar-refractivity contribution in [2.24, 2.45) is 0 Å². The molecule has 0 spiro atoms. The molecule has 0 atom stereocenters. The largest absolute Gasteiger partial charge is 0.457 e. The average Bonchev–Trinajstić information content (AvgIpc) is 2.61. The average molecular weight is 308 g/mol. The quantitative estimate of drug-likeness (QED) is 0.369. The molecule has 0 radical (unpaired) electrons. The lowest BCUT2D eigenvalue weighted by atomic mass is 10.3. The number of anilines is 1. The van der Waals surface area contributed by atoms with Crippen LogP contribution < -0.4 is 10.5 Å². The predicted octanol–water partition coefficient (Wildman–Crippen LogP) is 7.01. The molecule has 0 bridgehead atoms. The summed E-state index contributed by atoms with van der Waals surface area (Å²) in [5, 5.41) is 0. The SMILES string of the molecule is C=C/C=C(\C=C)Oc1cccc(N)c1.CC.CC.CC.CC. The summed E-state index contributed by atoms with van der Waals surface area (Å²) < 4.78 is 5.48. The topological polar surface area (TPSA) is 35.2 Å². The Morgan fingerprint density at radius 3 is 1.82 bits per heavy atom. The van der Waals surface area contributed by atoms with Crippen molar-refractivity contribution in [3.8, 4) is 5.75 Å². The molecule has 2 N–H and O–H groups in total. The van der Waals surface area contributed by atoms with Gasteiger partial charge in [-0.3, -0.25) is 0 Å². The van der Waals surface area contributed by atoms with Crippen LogP contribution in [0.1, 0.15) is 55.4 Å². The van der Waals surface area contributed by atoms with E-state index >= 15 is 0 Å². The van der Waals surface area contributed by atoms with E-state index in [2.05, 4.69) is 13.2 Å². The molecule has 1 aromatic carbocycles. The van der Waals surface area contributed by atoms with Crippen molar-refractivity contribution >= 4 is 5.69 Å². The lowest BCUT2D eigenvalue weighted by molar-refractivity contribution is 0.445. The molecule has 0 unspecified atom stereocenters. The van der Waals surface area contributed by atoms with Gasteiger partial charge in [0.15, 0.2) is 0 Å². The number of benzene rings is 1. The minimum atomic E-state index is 0.644. The van der Waals surface area contributed by atoms with Gasteiger partial charge < -0.3 is 10.5 Å². The molecule has 2 heteroatoms. The Morgan fingerprint density at radius 1 is 0.955 bits per heavy atom. The van der Waals surface area contributed by atoms with E-state index in [0.29, 0.717) is 17.2 Å². The number of rotatable bonds is 4. The highest BCUT2D eigenvalue weighted by Crippen LogP contribution is 2.17. The number of nitrogens with two attached hydrogens (primary N) is 1. The lowest BCUT2D eigenvalue weighted by Crippen LogP contribution is -1.92. The zero-order valence-corrected chi connectivity index (χ0v) is 15.9. The number of hydrogen-bond donors (Lipinski definition) is 1. The number of hydrogen-bond acceptors (Lipinski definition) is 2. The van der Waals surface area contributed by atoms with Crippen molar-refractivity contribution in [3.05, 3.63) is 61.4 Å². The van der Waals surface area contributed by atoms with Crippen LogP contribution in [0.4, 0.5) is 5.69 Å². The second kappa shape index (κ2) is 27.4. The molecule has 0 aliphatic heterocycles. The number of allylic oxidation sites excluding steroid dienone is 3. The Bertz CT molecular complexity index is 368. The fourth-order valence-electron chi connectivity index (χ4n) is 0.974. The van der Waals surface area contributed by atoms with Gasteiger partial charge >= 0.3 is 0 Å². The minimum Gasteiger partial charge on any atom is -0.457 e. The van der Waals surface area contributed by atoms with E-state index in [0.717, 1.165) is 0 Å². The molecule has 0 amide bonds. The van der Waals surface area contributed by atoms with Crippen LogP contribution in [-0.2, 0) is 0 Å². The summed E-state index contributed by atoms with van der Waals surface area (Å²) in [6.07, 6.45) is 4.99. The second-order valence-electron chi connectivity index (χ2n) is 2.68. The standard InChI is InChI=1S/C12H13NO.4C2H6/c1-3-6-11(4-2)14-12-8-5-7-10(13)9-12;4*1-2/h3-9H,1-2,13H2;4*1-2H3/b11-6+;;;;. The van der Waals surface area contributed by atoms with E-state index in [1.807, 2.05) is 67.5 Å². The minimum absolute atomic E-state index is 0.644. The highest BCUT2D eigenvalue weighted by atomic mass is 16.5. The third-order valence-electron chi connectivity index (χ3n) is 1.58. The number of ether oxygens (including phenoxy) is 1.